The normalized spacial score (nSPS) is 11.2. The van der Waals surface area contributed by atoms with Crippen LogP contribution in [0.1, 0.15) is 15.9 Å². The van der Waals surface area contributed by atoms with Crippen molar-refractivity contribution >= 4 is 28.7 Å². The lowest BCUT2D eigenvalue weighted by Crippen LogP contribution is -2.34. The third-order valence-electron chi connectivity index (χ3n) is 4.04. The molecule has 0 aliphatic carbocycles. The molecule has 0 aliphatic heterocycles. The lowest BCUT2D eigenvalue weighted by molar-refractivity contribution is -0.124. The summed E-state index contributed by atoms with van der Waals surface area (Å²) in [5.74, 6) is -0.575. The van der Waals surface area contributed by atoms with E-state index in [0.29, 0.717) is 5.56 Å². The van der Waals surface area contributed by atoms with Crippen molar-refractivity contribution in [2.24, 2.45) is 0 Å². The van der Waals surface area contributed by atoms with Crippen molar-refractivity contribution in [3.8, 4) is 0 Å². The van der Waals surface area contributed by atoms with Crippen LogP contribution in [0.2, 0.25) is 0 Å². The first-order chi connectivity index (χ1) is 12.6. The maximum Gasteiger partial charge on any atom is 0.269 e. The number of nitrogens with one attached hydrogen (secondary N) is 1. The van der Waals surface area contributed by atoms with E-state index < -0.39 is 0 Å². The number of fused-ring (bicyclic) bond motifs is 1. The Morgan fingerprint density at radius 3 is 2.23 bits per heavy atom. The van der Waals surface area contributed by atoms with E-state index >= 15 is 0 Å². The zero-order chi connectivity index (χ0) is 18.5. The van der Waals surface area contributed by atoms with Crippen LogP contribution < -0.4 is 5.32 Å². The van der Waals surface area contributed by atoms with Gasteiger partial charge in [-0.25, -0.2) is 0 Å². The van der Waals surface area contributed by atoms with Crippen LogP contribution in [0.15, 0.2) is 78.5 Å². The third kappa shape index (κ3) is 3.81. The van der Waals surface area contributed by atoms with Crippen molar-refractivity contribution in [2.75, 3.05) is 14.1 Å². The van der Waals surface area contributed by atoms with Gasteiger partial charge in [-0.05, 0) is 34.5 Å². The molecule has 0 saturated carbocycles. The number of hydrogen-bond donors (Lipinski definition) is 1. The molecule has 26 heavy (non-hydrogen) atoms. The van der Waals surface area contributed by atoms with Crippen LogP contribution >= 0.6 is 0 Å². The van der Waals surface area contributed by atoms with E-state index in [0.717, 1.165) is 16.3 Å². The fourth-order valence-electron chi connectivity index (χ4n) is 2.71. The van der Waals surface area contributed by atoms with Gasteiger partial charge in [0.05, 0.1) is 0 Å². The Morgan fingerprint density at radius 1 is 0.846 bits per heavy atom. The zero-order valence-corrected chi connectivity index (χ0v) is 14.8. The van der Waals surface area contributed by atoms with Gasteiger partial charge in [0, 0.05) is 19.7 Å². The van der Waals surface area contributed by atoms with Gasteiger partial charge >= 0.3 is 0 Å². The van der Waals surface area contributed by atoms with E-state index in [1.165, 1.54) is 4.90 Å². The van der Waals surface area contributed by atoms with Gasteiger partial charge in [-0.15, -0.1) is 0 Å². The van der Waals surface area contributed by atoms with Gasteiger partial charge in [0.1, 0.15) is 5.70 Å². The standard InChI is InChI=1S/C22H20N2O2/c1-24(2)22(26)20(23-21(25)17-10-4-3-5-11-17)15-18-13-8-12-16-9-6-7-14-19(16)18/h3-15H,1-2H3,(H,23,25). The summed E-state index contributed by atoms with van der Waals surface area (Å²) < 4.78 is 0. The number of carbonyl (C=O) groups is 2. The molecule has 3 aromatic rings. The van der Waals surface area contributed by atoms with Crippen LogP contribution in [0, 0.1) is 0 Å². The molecule has 0 saturated heterocycles. The molecule has 0 heterocycles. The fourth-order valence-corrected chi connectivity index (χ4v) is 2.71. The minimum atomic E-state index is -0.313. The molecule has 0 atom stereocenters. The molecule has 0 fully saturated rings. The van der Waals surface area contributed by atoms with Crippen molar-refractivity contribution in [1.82, 2.24) is 10.2 Å². The van der Waals surface area contributed by atoms with Crippen LogP contribution in [0.3, 0.4) is 0 Å². The minimum absolute atomic E-state index is 0.236. The molecule has 4 heteroatoms. The summed E-state index contributed by atoms with van der Waals surface area (Å²) in [6, 6.07) is 22.7. The maximum absolute atomic E-state index is 12.6. The number of rotatable bonds is 4. The second-order valence-electron chi connectivity index (χ2n) is 6.15. The van der Waals surface area contributed by atoms with Crippen LogP contribution in [0.5, 0.6) is 0 Å². The van der Waals surface area contributed by atoms with Gasteiger partial charge in [0.15, 0.2) is 0 Å². The molecular weight excluding hydrogens is 324 g/mol. The summed E-state index contributed by atoms with van der Waals surface area (Å²) in [6.45, 7) is 0. The molecule has 4 nitrogen and oxygen atoms in total. The predicted molar refractivity (Wildman–Crippen MR) is 105 cm³/mol. The molecule has 0 aromatic heterocycles. The van der Waals surface area contributed by atoms with Gasteiger partial charge in [-0.2, -0.15) is 0 Å². The van der Waals surface area contributed by atoms with E-state index in [2.05, 4.69) is 5.32 Å². The summed E-state index contributed by atoms with van der Waals surface area (Å²) >= 11 is 0. The Bertz CT molecular complexity index is 970. The first-order valence-corrected chi connectivity index (χ1v) is 8.34. The largest absolute Gasteiger partial charge is 0.344 e. The van der Waals surface area contributed by atoms with Gasteiger partial charge in [-0.1, -0.05) is 60.7 Å². The van der Waals surface area contributed by atoms with E-state index in [9.17, 15) is 9.59 Å². The minimum Gasteiger partial charge on any atom is -0.344 e. The Morgan fingerprint density at radius 2 is 1.50 bits per heavy atom. The van der Waals surface area contributed by atoms with Gasteiger partial charge < -0.3 is 10.2 Å². The topological polar surface area (TPSA) is 49.4 Å². The third-order valence-corrected chi connectivity index (χ3v) is 4.04. The summed E-state index contributed by atoms with van der Waals surface area (Å²) in [7, 11) is 3.32. The highest BCUT2D eigenvalue weighted by molar-refractivity contribution is 6.06. The van der Waals surface area contributed by atoms with E-state index in [1.54, 1.807) is 44.4 Å². The Kier molecular flexibility index (Phi) is 5.13. The molecule has 0 radical (unpaired) electrons. The highest BCUT2D eigenvalue weighted by Crippen LogP contribution is 2.21. The van der Waals surface area contributed by atoms with E-state index in [1.807, 2.05) is 48.5 Å². The predicted octanol–water partition coefficient (Wildman–Crippen LogP) is 3.70. The van der Waals surface area contributed by atoms with E-state index in [4.69, 9.17) is 0 Å². The molecule has 0 unspecified atom stereocenters. The monoisotopic (exact) mass is 344 g/mol. The Hall–Kier alpha value is -3.40. The van der Waals surface area contributed by atoms with Crippen molar-refractivity contribution in [1.29, 1.82) is 0 Å². The number of hydrogen-bond acceptors (Lipinski definition) is 2. The van der Waals surface area contributed by atoms with Crippen LogP contribution in [0.4, 0.5) is 0 Å². The van der Waals surface area contributed by atoms with E-state index in [-0.39, 0.29) is 17.5 Å². The molecular formula is C22H20N2O2. The maximum atomic E-state index is 12.6. The molecule has 3 aromatic carbocycles. The first kappa shape index (κ1) is 17.4. The second-order valence-corrected chi connectivity index (χ2v) is 6.15. The lowest BCUT2D eigenvalue weighted by atomic mass is 10.0. The number of carbonyl (C=O) groups excluding carboxylic acids is 2. The molecule has 0 bridgehead atoms. The lowest BCUT2D eigenvalue weighted by Gasteiger charge is -2.15. The van der Waals surface area contributed by atoms with Crippen LogP contribution in [0.25, 0.3) is 16.8 Å². The Balaban J connectivity index is 2.02. The highest BCUT2D eigenvalue weighted by atomic mass is 16.2. The zero-order valence-electron chi connectivity index (χ0n) is 14.8. The SMILES string of the molecule is CN(C)C(=O)C(=Cc1cccc2ccccc12)NC(=O)c1ccccc1. The van der Waals surface area contributed by atoms with Crippen molar-refractivity contribution in [3.05, 3.63) is 89.6 Å². The summed E-state index contributed by atoms with van der Waals surface area (Å²) in [5.41, 5.74) is 1.62. The number of nitrogens with zero attached hydrogens (tertiary/aromatic N) is 1. The van der Waals surface area contributed by atoms with Crippen molar-refractivity contribution < 1.29 is 9.59 Å². The molecule has 3 rings (SSSR count). The number of likely N-dealkylation sites (N-methyl/N-ethyl adjacent to an activating group) is 1. The van der Waals surface area contributed by atoms with Gasteiger partial charge in [-0.3, -0.25) is 9.59 Å². The quantitative estimate of drug-likeness (QED) is 0.734. The summed E-state index contributed by atoms with van der Waals surface area (Å²) in [5, 5.41) is 4.86. The summed E-state index contributed by atoms with van der Waals surface area (Å²) in [6.07, 6.45) is 1.73. The van der Waals surface area contributed by atoms with Crippen molar-refractivity contribution in [3.63, 3.8) is 0 Å². The number of benzene rings is 3. The second kappa shape index (κ2) is 7.66. The van der Waals surface area contributed by atoms with Crippen LogP contribution in [-0.2, 0) is 4.79 Å². The fraction of sp³-hybridized carbons (Fsp3) is 0.0909. The number of amides is 2. The van der Waals surface area contributed by atoms with Crippen LogP contribution in [-0.4, -0.2) is 30.8 Å². The average Bonchev–Trinajstić information content (AvgIpc) is 2.67. The van der Waals surface area contributed by atoms with Gasteiger partial charge in [0.2, 0.25) is 0 Å². The van der Waals surface area contributed by atoms with Crippen molar-refractivity contribution in [2.45, 2.75) is 0 Å². The molecule has 130 valence electrons. The molecule has 2 amide bonds. The molecule has 0 spiro atoms. The average molecular weight is 344 g/mol. The van der Waals surface area contributed by atoms with Gasteiger partial charge in [0.25, 0.3) is 11.8 Å². The first-order valence-electron chi connectivity index (χ1n) is 8.34. The summed E-state index contributed by atoms with van der Waals surface area (Å²) in [4.78, 5) is 26.6. The molecule has 1 N–H and O–H groups in total. The molecule has 0 aliphatic rings. The highest BCUT2D eigenvalue weighted by Gasteiger charge is 2.16. The Labute approximate surface area is 152 Å². The smallest absolute Gasteiger partial charge is 0.269 e.